The number of aromatic nitrogens is 1. The number of rotatable bonds is 1. The Labute approximate surface area is 81.9 Å². The molecule has 1 aliphatic rings. The Morgan fingerprint density at radius 3 is 3.36 bits per heavy atom. The largest absolute Gasteiger partial charge is 0.349 e. The first-order valence-corrected chi connectivity index (χ1v) is 4.23. The Balaban J connectivity index is 2.39. The second-order valence-corrected chi connectivity index (χ2v) is 3.00. The van der Waals surface area contributed by atoms with Gasteiger partial charge in [-0.05, 0) is 6.07 Å². The van der Waals surface area contributed by atoms with Crippen LogP contribution in [-0.2, 0) is 4.79 Å². The minimum absolute atomic E-state index is 0.0549. The van der Waals surface area contributed by atoms with Crippen molar-refractivity contribution in [2.75, 3.05) is 23.3 Å². The number of anilines is 2. The molecule has 0 unspecified atom stereocenters. The Morgan fingerprint density at radius 2 is 2.57 bits per heavy atom. The van der Waals surface area contributed by atoms with Gasteiger partial charge in [-0.15, -0.1) is 6.42 Å². The van der Waals surface area contributed by atoms with Crippen LogP contribution in [0.1, 0.15) is 0 Å². The third kappa shape index (κ3) is 1.40. The lowest BCUT2D eigenvalue weighted by Gasteiger charge is -2.28. The van der Waals surface area contributed by atoms with Crippen LogP contribution in [0.25, 0.3) is 0 Å². The lowest BCUT2D eigenvalue weighted by atomic mass is 10.2. The highest BCUT2D eigenvalue weighted by Gasteiger charge is 2.20. The number of carbonyl (C=O) groups is 1. The first-order valence-electron chi connectivity index (χ1n) is 4.23. The summed E-state index contributed by atoms with van der Waals surface area (Å²) in [5.41, 5.74) is 1.65. The van der Waals surface area contributed by atoms with Crippen LogP contribution >= 0.6 is 0 Å². The number of hydrogen-bond acceptors (Lipinski definition) is 3. The van der Waals surface area contributed by atoms with Gasteiger partial charge in [0.25, 0.3) is 0 Å². The summed E-state index contributed by atoms with van der Waals surface area (Å²) in [6.45, 7) is 0.742. The molecule has 0 saturated carbocycles. The van der Waals surface area contributed by atoms with Crippen molar-refractivity contribution in [3.05, 3.63) is 18.5 Å². The third-order valence-corrected chi connectivity index (χ3v) is 2.03. The van der Waals surface area contributed by atoms with Gasteiger partial charge in [0.15, 0.2) is 0 Å². The summed E-state index contributed by atoms with van der Waals surface area (Å²) < 4.78 is 0. The van der Waals surface area contributed by atoms with E-state index < -0.39 is 0 Å². The maximum absolute atomic E-state index is 11.3. The van der Waals surface area contributed by atoms with Crippen LogP contribution in [-0.4, -0.2) is 24.0 Å². The van der Waals surface area contributed by atoms with Crippen molar-refractivity contribution < 1.29 is 4.79 Å². The molecule has 0 fully saturated rings. The molecule has 2 rings (SSSR count). The SMILES string of the molecule is C#CCN1CC(=O)Nc2cnccc21. The number of amides is 1. The average Bonchev–Trinajstić information content (AvgIpc) is 2.18. The minimum Gasteiger partial charge on any atom is -0.349 e. The zero-order valence-corrected chi connectivity index (χ0v) is 7.53. The van der Waals surface area contributed by atoms with Crippen molar-refractivity contribution in [2.24, 2.45) is 0 Å². The van der Waals surface area contributed by atoms with E-state index in [9.17, 15) is 4.79 Å². The molecule has 2 heterocycles. The van der Waals surface area contributed by atoms with Crippen molar-refractivity contribution >= 4 is 17.3 Å². The van der Waals surface area contributed by atoms with Crippen LogP contribution in [0.2, 0.25) is 0 Å². The number of terminal acetylenes is 1. The molecule has 1 amide bonds. The fourth-order valence-electron chi connectivity index (χ4n) is 1.46. The van der Waals surface area contributed by atoms with E-state index in [1.807, 2.05) is 11.0 Å². The number of fused-ring (bicyclic) bond motifs is 1. The zero-order chi connectivity index (χ0) is 9.97. The van der Waals surface area contributed by atoms with Gasteiger partial charge in [-0.3, -0.25) is 9.78 Å². The molecule has 4 nitrogen and oxygen atoms in total. The number of nitrogens with one attached hydrogen (secondary N) is 1. The van der Waals surface area contributed by atoms with Gasteiger partial charge in [0.1, 0.15) is 0 Å². The molecule has 70 valence electrons. The average molecular weight is 187 g/mol. The van der Waals surface area contributed by atoms with Crippen LogP contribution in [0.15, 0.2) is 18.5 Å². The molecule has 0 aromatic carbocycles. The number of pyridine rings is 1. The minimum atomic E-state index is -0.0549. The summed E-state index contributed by atoms with van der Waals surface area (Å²) >= 11 is 0. The van der Waals surface area contributed by atoms with Gasteiger partial charge in [0.05, 0.1) is 30.7 Å². The van der Waals surface area contributed by atoms with Crippen LogP contribution in [0, 0.1) is 12.3 Å². The van der Waals surface area contributed by atoms with Crippen LogP contribution in [0.4, 0.5) is 11.4 Å². The second kappa shape index (κ2) is 3.38. The molecular weight excluding hydrogens is 178 g/mol. The summed E-state index contributed by atoms with van der Waals surface area (Å²) in [6, 6.07) is 1.84. The summed E-state index contributed by atoms with van der Waals surface area (Å²) in [5, 5.41) is 2.74. The quantitative estimate of drug-likeness (QED) is 0.650. The molecule has 0 saturated heterocycles. The molecule has 0 radical (unpaired) electrons. The highest BCUT2D eigenvalue weighted by Crippen LogP contribution is 2.27. The topological polar surface area (TPSA) is 45.2 Å². The fourth-order valence-corrected chi connectivity index (χ4v) is 1.46. The molecule has 0 spiro atoms. The van der Waals surface area contributed by atoms with Crippen molar-refractivity contribution in [2.45, 2.75) is 0 Å². The normalized spacial score (nSPS) is 14.2. The van der Waals surface area contributed by atoms with E-state index in [0.717, 1.165) is 11.4 Å². The second-order valence-electron chi connectivity index (χ2n) is 3.00. The molecule has 14 heavy (non-hydrogen) atoms. The van der Waals surface area contributed by atoms with Gasteiger partial charge in [-0.2, -0.15) is 0 Å². The van der Waals surface area contributed by atoms with Crippen LogP contribution < -0.4 is 10.2 Å². The third-order valence-electron chi connectivity index (χ3n) is 2.03. The van der Waals surface area contributed by atoms with E-state index in [1.165, 1.54) is 0 Å². The Kier molecular flexibility index (Phi) is 2.07. The van der Waals surface area contributed by atoms with E-state index in [2.05, 4.69) is 16.2 Å². The van der Waals surface area contributed by atoms with Crippen LogP contribution in [0.3, 0.4) is 0 Å². The highest BCUT2D eigenvalue weighted by atomic mass is 16.2. The van der Waals surface area contributed by atoms with Gasteiger partial charge in [0, 0.05) is 6.20 Å². The molecule has 0 aliphatic carbocycles. The smallest absolute Gasteiger partial charge is 0.244 e. The first-order chi connectivity index (χ1) is 6.81. The molecule has 0 bridgehead atoms. The molecule has 1 N–H and O–H groups in total. The van der Waals surface area contributed by atoms with Gasteiger partial charge in [-0.25, -0.2) is 0 Å². The summed E-state index contributed by atoms with van der Waals surface area (Å²) in [4.78, 5) is 17.0. The number of carbonyl (C=O) groups excluding carboxylic acids is 1. The Bertz CT molecular complexity index is 408. The monoisotopic (exact) mass is 187 g/mol. The van der Waals surface area contributed by atoms with Gasteiger partial charge < -0.3 is 10.2 Å². The number of nitrogens with zero attached hydrogens (tertiary/aromatic N) is 2. The van der Waals surface area contributed by atoms with Crippen LogP contribution in [0.5, 0.6) is 0 Å². The first kappa shape index (κ1) is 8.57. The molecular formula is C10H9N3O. The molecule has 1 aliphatic heterocycles. The summed E-state index contributed by atoms with van der Waals surface area (Å²) in [7, 11) is 0. The maximum Gasteiger partial charge on any atom is 0.244 e. The highest BCUT2D eigenvalue weighted by molar-refractivity contribution is 6.00. The van der Waals surface area contributed by atoms with E-state index in [1.54, 1.807) is 12.4 Å². The Morgan fingerprint density at radius 1 is 1.71 bits per heavy atom. The van der Waals surface area contributed by atoms with Crippen molar-refractivity contribution in [1.82, 2.24) is 4.98 Å². The van der Waals surface area contributed by atoms with E-state index >= 15 is 0 Å². The fraction of sp³-hybridized carbons (Fsp3) is 0.200. The molecule has 1 aromatic heterocycles. The molecule has 0 atom stereocenters. The van der Waals surface area contributed by atoms with Crippen molar-refractivity contribution in [1.29, 1.82) is 0 Å². The van der Waals surface area contributed by atoms with E-state index in [0.29, 0.717) is 13.1 Å². The van der Waals surface area contributed by atoms with Crippen molar-refractivity contribution in [3.63, 3.8) is 0 Å². The van der Waals surface area contributed by atoms with E-state index in [4.69, 9.17) is 6.42 Å². The standard InChI is InChI=1S/C10H9N3O/c1-2-5-13-7-10(14)12-8-6-11-4-3-9(8)13/h1,3-4,6H,5,7H2,(H,12,14). The zero-order valence-electron chi connectivity index (χ0n) is 7.53. The summed E-state index contributed by atoms with van der Waals surface area (Å²) in [5.74, 6) is 2.47. The van der Waals surface area contributed by atoms with Gasteiger partial charge >= 0.3 is 0 Å². The van der Waals surface area contributed by atoms with E-state index in [-0.39, 0.29) is 5.91 Å². The van der Waals surface area contributed by atoms with Gasteiger partial charge in [-0.1, -0.05) is 5.92 Å². The predicted molar refractivity (Wildman–Crippen MR) is 53.9 cm³/mol. The lowest BCUT2D eigenvalue weighted by molar-refractivity contribution is -0.115. The molecule has 1 aromatic rings. The predicted octanol–water partition coefficient (Wildman–Crippen LogP) is 0.473. The lowest BCUT2D eigenvalue weighted by Crippen LogP contribution is -2.38. The van der Waals surface area contributed by atoms with Gasteiger partial charge in [0.2, 0.25) is 5.91 Å². The summed E-state index contributed by atoms with van der Waals surface area (Å²) in [6.07, 6.45) is 8.52. The Hall–Kier alpha value is -2.02. The molecule has 4 heteroatoms. The van der Waals surface area contributed by atoms with Crippen molar-refractivity contribution in [3.8, 4) is 12.3 Å². The maximum atomic E-state index is 11.3. The number of hydrogen-bond donors (Lipinski definition) is 1.